The van der Waals surface area contributed by atoms with E-state index in [4.69, 9.17) is 4.74 Å². The van der Waals surface area contributed by atoms with Crippen LogP contribution in [0.15, 0.2) is 36.1 Å². The Morgan fingerprint density at radius 1 is 1.11 bits per heavy atom. The largest absolute Gasteiger partial charge is 0.492 e. The van der Waals surface area contributed by atoms with Gasteiger partial charge >= 0.3 is 0 Å². The number of hydrogen-bond acceptors (Lipinski definition) is 2. The van der Waals surface area contributed by atoms with Gasteiger partial charge in [-0.05, 0) is 44.5 Å². The van der Waals surface area contributed by atoms with Crippen molar-refractivity contribution in [3.05, 3.63) is 36.1 Å². The molecule has 2 aliphatic rings. The van der Waals surface area contributed by atoms with Crippen molar-refractivity contribution >= 4 is 0 Å². The van der Waals surface area contributed by atoms with Crippen molar-refractivity contribution in [2.45, 2.75) is 46.0 Å². The van der Waals surface area contributed by atoms with Gasteiger partial charge in [0.2, 0.25) is 0 Å². The average Bonchev–Trinajstić information content (AvgIpc) is 2.70. The minimum Gasteiger partial charge on any atom is -0.492 e. The van der Waals surface area contributed by atoms with E-state index < -0.39 is 0 Å². The van der Waals surface area contributed by atoms with Gasteiger partial charge < -0.3 is 4.74 Å². The van der Waals surface area contributed by atoms with Gasteiger partial charge in [-0.25, -0.2) is 0 Å². The highest BCUT2D eigenvalue weighted by Crippen LogP contribution is 2.09. The van der Waals surface area contributed by atoms with Crippen molar-refractivity contribution in [2.75, 3.05) is 26.2 Å². The molecule has 2 nitrogen and oxygen atoms in total. The number of hydrogen-bond donors (Lipinski definition) is 0. The summed E-state index contributed by atoms with van der Waals surface area (Å²) >= 11 is 0. The lowest BCUT2D eigenvalue weighted by atomic mass is 10.1. The summed E-state index contributed by atoms with van der Waals surface area (Å²) in [6.45, 7) is 8.62. The van der Waals surface area contributed by atoms with E-state index >= 15 is 0 Å². The first kappa shape index (κ1) is 16.0. The van der Waals surface area contributed by atoms with E-state index in [1.54, 1.807) is 0 Å². The maximum atomic E-state index is 5.75. The molecule has 1 heterocycles. The molecule has 0 aromatic rings. The van der Waals surface area contributed by atoms with Gasteiger partial charge in [0.25, 0.3) is 0 Å². The second-order valence-corrected chi connectivity index (χ2v) is 5.09. The Kier molecular flexibility index (Phi) is 9.17. The fourth-order valence-electron chi connectivity index (χ4n) is 2.13. The lowest BCUT2D eigenvalue weighted by Crippen LogP contribution is -2.32. The van der Waals surface area contributed by atoms with Crippen LogP contribution in [0.2, 0.25) is 0 Å². The second kappa shape index (κ2) is 10.9. The smallest absolute Gasteiger partial charge is 0.119 e. The Morgan fingerprint density at radius 2 is 1.84 bits per heavy atom. The number of piperidine rings is 1. The monoisotopic (exact) mass is 263 g/mol. The minimum absolute atomic E-state index is 0.810. The summed E-state index contributed by atoms with van der Waals surface area (Å²) in [7, 11) is 0. The predicted molar refractivity (Wildman–Crippen MR) is 83.2 cm³/mol. The summed E-state index contributed by atoms with van der Waals surface area (Å²) < 4.78 is 5.75. The first-order valence-corrected chi connectivity index (χ1v) is 7.75. The Labute approximate surface area is 118 Å². The molecular weight excluding hydrogens is 234 g/mol. The quantitative estimate of drug-likeness (QED) is 0.749. The van der Waals surface area contributed by atoms with E-state index in [-0.39, 0.29) is 0 Å². The number of likely N-dealkylation sites (tertiary alicyclic amines) is 1. The summed E-state index contributed by atoms with van der Waals surface area (Å²) in [5.74, 6) is 0.991. The van der Waals surface area contributed by atoms with E-state index in [0.717, 1.165) is 25.3 Å². The zero-order valence-corrected chi connectivity index (χ0v) is 12.6. The van der Waals surface area contributed by atoms with E-state index in [9.17, 15) is 0 Å². The molecule has 0 aromatic carbocycles. The van der Waals surface area contributed by atoms with Crippen LogP contribution < -0.4 is 0 Å². The van der Waals surface area contributed by atoms with Gasteiger partial charge in [-0.15, -0.1) is 0 Å². The zero-order valence-electron chi connectivity index (χ0n) is 12.6. The highest BCUT2D eigenvalue weighted by atomic mass is 16.5. The molecule has 0 bridgehead atoms. The van der Waals surface area contributed by atoms with Crippen molar-refractivity contribution in [2.24, 2.45) is 0 Å². The second-order valence-electron chi connectivity index (χ2n) is 5.09. The van der Waals surface area contributed by atoms with Gasteiger partial charge in [-0.1, -0.05) is 44.9 Å². The van der Waals surface area contributed by atoms with Crippen LogP contribution in [-0.4, -0.2) is 31.1 Å². The zero-order chi connectivity index (χ0) is 13.8. The van der Waals surface area contributed by atoms with Crippen LogP contribution >= 0.6 is 0 Å². The molecule has 0 radical (unpaired) electrons. The van der Waals surface area contributed by atoms with Crippen LogP contribution in [0.25, 0.3) is 0 Å². The Bertz CT molecular complexity index is 298. The van der Waals surface area contributed by atoms with E-state index in [2.05, 4.69) is 43.1 Å². The van der Waals surface area contributed by atoms with Crippen LogP contribution in [0.1, 0.15) is 46.0 Å². The molecule has 19 heavy (non-hydrogen) atoms. The highest BCUT2D eigenvalue weighted by molar-refractivity contribution is 5.22. The molecule has 0 unspecified atom stereocenters. The van der Waals surface area contributed by atoms with E-state index in [1.165, 1.54) is 38.8 Å². The highest BCUT2D eigenvalue weighted by Gasteiger charge is 2.09. The Morgan fingerprint density at radius 3 is 2.58 bits per heavy atom. The molecule has 0 saturated carbocycles. The standard InChI is InChI=1S/C14H21NO.C3H8/c1-2-5-9-14(8-4-1)16-13-12-15-10-6-3-7-11-15;1-3-2/h1,4-5,8-9H,2-3,6-7,10-13H2;3H2,1-2H3. The number of rotatable bonds is 4. The van der Waals surface area contributed by atoms with Crippen molar-refractivity contribution in [1.82, 2.24) is 4.90 Å². The van der Waals surface area contributed by atoms with Gasteiger partial charge in [0, 0.05) is 6.54 Å². The van der Waals surface area contributed by atoms with Gasteiger partial charge in [0.05, 0.1) is 0 Å². The fourth-order valence-corrected chi connectivity index (χ4v) is 2.13. The maximum Gasteiger partial charge on any atom is 0.119 e. The molecule has 1 fully saturated rings. The first-order valence-electron chi connectivity index (χ1n) is 7.75. The third-order valence-electron chi connectivity index (χ3n) is 3.08. The van der Waals surface area contributed by atoms with Crippen LogP contribution in [0.4, 0.5) is 0 Å². The van der Waals surface area contributed by atoms with E-state index in [1.807, 2.05) is 6.08 Å². The van der Waals surface area contributed by atoms with Crippen LogP contribution in [0, 0.1) is 0 Å². The molecule has 0 spiro atoms. The van der Waals surface area contributed by atoms with Gasteiger partial charge in [0.15, 0.2) is 0 Å². The first-order chi connectivity index (χ1) is 9.36. The lowest BCUT2D eigenvalue weighted by Gasteiger charge is -2.26. The molecule has 2 rings (SSSR count). The normalized spacial score (nSPS) is 19.2. The fraction of sp³-hybridized carbons (Fsp3) is 0.647. The van der Waals surface area contributed by atoms with Crippen LogP contribution in [0.5, 0.6) is 0 Å². The lowest BCUT2D eigenvalue weighted by molar-refractivity contribution is 0.148. The van der Waals surface area contributed by atoms with Crippen LogP contribution in [0.3, 0.4) is 0 Å². The van der Waals surface area contributed by atoms with Gasteiger partial charge in [-0.3, -0.25) is 4.90 Å². The molecule has 0 atom stereocenters. The molecule has 108 valence electrons. The van der Waals surface area contributed by atoms with Crippen molar-refractivity contribution in [3.8, 4) is 0 Å². The Hall–Kier alpha value is -1.02. The third-order valence-corrected chi connectivity index (χ3v) is 3.08. The van der Waals surface area contributed by atoms with E-state index in [0.29, 0.717) is 0 Å². The topological polar surface area (TPSA) is 12.5 Å². The summed E-state index contributed by atoms with van der Waals surface area (Å²) in [6.07, 6.45) is 16.8. The molecule has 0 aromatic heterocycles. The molecule has 2 heteroatoms. The summed E-state index contributed by atoms with van der Waals surface area (Å²) in [5, 5.41) is 0. The molecule has 1 aliphatic heterocycles. The van der Waals surface area contributed by atoms with Crippen molar-refractivity contribution in [3.63, 3.8) is 0 Å². The summed E-state index contributed by atoms with van der Waals surface area (Å²) in [5.41, 5.74) is 0. The molecule has 1 aliphatic carbocycles. The van der Waals surface area contributed by atoms with Crippen molar-refractivity contribution in [1.29, 1.82) is 0 Å². The number of allylic oxidation sites excluding steroid dienone is 5. The number of nitrogens with zero attached hydrogens (tertiary/aromatic N) is 1. The molecule has 1 saturated heterocycles. The van der Waals surface area contributed by atoms with Gasteiger partial charge in [-0.2, -0.15) is 0 Å². The van der Waals surface area contributed by atoms with Crippen molar-refractivity contribution < 1.29 is 4.74 Å². The Balaban J connectivity index is 0.000000550. The van der Waals surface area contributed by atoms with Gasteiger partial charge in [0.1, 0.15) is 12.4 Å². The molecular formula is C17H29NO. The predicted octanol–water partition coefficient (Wildman–Crippen LogP) is 4.31. The summed E-state index contributed by atoms with van der Waals surface area (Å²) in [6, 6.07) is 0. The third kappa shape index (κ3) is 7.89. The maximum absolute atomic E-state index is 5.75. The molecule has 0 N–H and O–H groups in total. The minimum atomic E-state index is 0.810. The average molecular weight is 263 g/mol. The number of ether oxygens (including phenoxy) is 1. The summed E-state index contributed by atoms with van der Waals surface area (Å²) in [4.78, 5) is 2.50. The molecule has 0 amide bonds. The van der Waals surface area contributed by atoms with Crippen LogP contribution in [-0.2, 0) is 4.74 Å². The SMILES string of the molecule is C1=CCC=CC(OCCN2CCCCC2)=C1.CCC.